The molecule has 3 N–H and O–H groups in total. The van der Waals surface area contributed by atoms with Crippen LogP contribution >= 0.6 is 0 Å². The van der Waals surface area contributed by atoms with Crippen molar-refractivity contribution in [2.24, 2.45) is 0 Å². The van der Waals surface area contributed by atoms with Gasteiger partial charge in [-0.2, -0.15) is 0 Å². The maximum atomic E-state index is 11.7. The molecular formula is C15H25N3O2. The van der Waals surface area contributed by atoms with Crippen molar-refractivity contribution in [1.29, 1.82) is 0 Å². The van der Waals surface area contributed by atoms with Crippen molar-refractivity contribution in [2.45, 2.75) is 26.3 Å². The number of nitrogens with two attached hydrogens (primary N) is 1. The minimum Gasteiger partial charge on any atom is -0.465 e. The van der Waals surface area contributed by atoms with Crippen LogP contribution < -0.4 is 11.1 Å². The van der Waals surface area contributed by atoms with Gasteiger partial charge in [0.2, 0.25) is 0 Å². The zero-order valence-corrected chi connectivity index (χ0v) is 12.8. The van der Waals surface area contributed by atoms with Gasteiger partial charge in [-0.15, -0.1) is 0 Å². The minimum atomic E-state index is -0.380. The van der Waals surface area contributed by atoms with Crippen molar-refractivity contribution < 1.29 is 9.53 Å². The van der Waals surface area contributed by atoms with Gasteiger partial charge in [0.15, 0.2) is 0 Å². The molecule has 1 aromatic rings. The van der Waals surface area contributed by atoms with Crippen LogP contribution in [0.4, 0.5) is 11.4 Å². The molecule has 0 amide bonds. The number of nitrogens with one attached hydrogen (secondary N) is 1. The van der Waals surface area contributed by atoms with Crippen molar-refractivity contribution in [3.63, 3.8) is 0 Å². The molecule has 112 valence electrons. The summed E-state index contributed by atoms with van der Waals surface area (Å²) in [6, 6.07) is 5.76. The molecule has 5 heteroatoms. The number of rotatable bonds is 7. The summed E-state index contributed by atoms with van der Waals surface area (Å²) in [5.41, 5.74) is 7.61. The van der Waals surface area contributed by atoms with E-state index >= 15 is 0 Å². The molecule has 0 heterocycles. The molecule has 0 saturated carbocycles. The van der Waals surface area contributed by atoms with Crippen LogP contribution in [0.25, 0.3) is 0 Å². The Hall–Kier alpha value is -1.75. The van der Waals surface area contributed by atoms with E-state index in [0.717, 1.165) is 19.5 Å². The first-order chi connectivity index (χ1) is 9.51. The van der Waals surface area contributed by atoms with Gasteiger partial charge in [0.05, 0.1) is 24.0 Å². The number of ether oxygens (including phenoxy) is 1. The van der Waals surface area contributed by atoms with Gasteiger partial charge in [-0.25, -0.2) is 4.79 Å². The smallest absolute Gasteiger partial charge is 0.340 e. The van der Waals surface area contributed by atoms with E-state index in [2.05, 4.69) is 31.1 Å². The molecule has 1 rings (SSSR count). The number of hydrogen-bond donors (Lipinski definition) is 2. The largest absolute Gasteiger partial charge is 0.465 e. The molecule has 1 aromatic carbocycles. The van der Waals surface area contributed by atoms with Crippen LogP contribution in [0.2, 0.25) is 0 Å². The number of likely N-dealkylation sites (N-methyl/N-ethyl adjacent to an activating group) is 1. The first-order valence-electron chi connectivity index (χ1n) is 6.92. The SMILES string of the molecule is CCC(C)N(C)CCNc1c(N)cccc1C(=O)OC. The highest BCUT2D eigenvalue weighted by Gasteiger charge is 2.14. The molecule has 20 heavy (non-hydrogen) atoms. The van der Waals surface area contributed by atoms with Crippen LogP contribution in [0.5, 0.6) is 0 Å². The number of methoxy groups -OCH3 is 1. The number of hydrogen-bond acceptors (Lipinski definition) is 5. The minimum absolute atomic E-state index is 0.380. The molecule has 5 nitrogen and oxygen atoms in total. The first kappa shape index (κ1) is 16.3. The van der Waals surface area contributed by atoms with E-state index in [9.17, 15) is 4.79 Å². The second-order valence-corrected chi connectivity index (χ2v) is 4.93. The second kappa shape index (κ2) is 7.75. The maximum Gasteiger partial charge on any atom is 0.340 e. The molecule has 0 fully saturated rings. The predicted octanol–water partition coefficient (Wildman–Crippen LogP) is 2.20. The Morgan fingerprint density at radius 1 is 1.50 bits per heavy atom. The molecule has 0 radical (unpaired) electrons. The van der Waals surface area contributed by atoms with Gasteiger partial charge in [0.1, 0.15) is 0 Å². The van der Waals surface area contributed by atoms with E-state index in [1.165, 1.54) is 7.11 Å². The van der Waals surface area contributed by atoms with Gasteiger partial charge in [-0.3, -0.25) is 0 Å². The van der Waals surface area contributed by atoms with Crippen molar-refractivity contribution in [3.8, 4) is 0 Å². The third-order valence-corrected chi connectivity index (χ3v) is 3.61. The van der Waals surface area contributed by atoms with E-state index in [1.807, 2.05) is 0 Å². The van der Waals surface area contributed by atoms with Crippen LogP contribution in [-0.2, 0) is 4.74 Å². The van der Waals surface area contributed by atoms with Gasteiger partial charge in [-0.05, 0) is 32.5 Å². The lowest BCUT2D eigenvalue weighted by Gasteiger charge is -2.24. The fourth-order valence-electron chi connectivity index (χ4n) is 1.94. The van der Waals surface area contributed by atoms with Crippen LogP contribution in [0.1, 0.15) is 30.6 Å². The Labute approximate surface area is 121 Å². The third-order valence-electron chi connectivity index (χ3n) is 3.61. The third kappa shape index (κ3) is 4.13. The van der Waals surface area contributed by atoms with E-state index in [0.29, 0.717) is 23.0 Å². The molecule has 0 aliphatic rings. The van der Waals surface area contributed by atoms with E-state index in [-0.39, 0.29) is 5.97 Å². The topological polar surface area (TPSA) is 67.6 Å². The number of esters is 1. The van der Waals surface area contributed by atoms with Crippen LogP contribution in [0.15, 0.2) is 18.2 Å². The monoisotopic (exact) mass is 279 g/mol. The lowest BCUT2D eigenvalue weighted by molar-refractivity contribution is 0.0602. The molecule has 0 saturated heterocycles. The molecular weight excluding hydrogens is 254 g/mol. The molecule has 0 aliphatic carbocycles. The summed E-state index contributed by atoms with van der Waals surface area (Å²) in [4.78, 5) is 14.0. The van der Waals surface area contributed by atoms with Crippen molar-refractivity contribution in [3.05, 3.63) is 23.8 Å². The summed E-state index contributed by atoms with van der Waals surface area (Å²) in [5.74, 6) is -0.380. The van der Waals surface area contributed by atoms with Crippen molar-refractivity contribution >= 4 is 17.3 Å². The lowest BCUT2D eigenvalue weighted by Crippen LogP contribution is -2.33. The van der Waals surface area contributed by atoms with Gasteiger partial charge in [0.25, 0.3) is 0 Å². The van der Waals surface area contributed by atoms with Crippen LogP contribution in [0.3, 0.4) is 0 Å². The normalized spacial score (nSPS) is 12.2. The zero-order chi connectivity index (χ0) is 15.1. The number of para-hydroxylation sites is 1. The highest BCUT2D eigenvalue weighted by atomic mass is 16.5. The zero-order valence-electron chi connectivity index (χ0n) is 12.8. The Balaban J connectivity index is 2.70. The Kier molecular flexibility index (Phi) is 6.31. The average Bonchev–Trinajstić information content (AvgIpc) is 2.46. The summed E-state index contributed by atoms with van der Waals surface area (Å²) in [5, 5.41) is 3.24. The molecule has 1 atom stereocenters. The predicted molar refractivity (Wildman–Crippen MR) is 83.1 cm³/mol. The van der Waals surface area contributed by atoms with E-state index in [4.69, 9.17) is 10.5 Å². The lowest BCUT2D eigenvalue weighted by atomic mass is 10.1. The summed E-state index contributed by atoms with van der Waals surface area (Å²) in [6.07, 6.45) is 1.11. The Morgan fingerprint density at radius 2 is 2.20 bits per heavy atom. The molecule has 0 spiro atoms. The fourth-order valence-corrected chi connectivity index (χ4v) is 1.94. The highest BCUT2D eigenvalue weighted by Crippen LogP contribution is 2.23. The number of carbonyl (C=O) groups excluding carboxylic acids is 1. The summed E-state index contributed by atoms with van der Waals surface area (Å²) in [6.45, 7) is 5.96. The summed E-state index contributed by atoms with van der Waals surface area (Å²) < 4.78 is 4.77. The number of nitrogens with zero attached hydrogens (tertiary/aromatic N) is 1. The van der Waals surface area contributed by atoms with E-state index < -0.39 is 0 Å². The fraction of sp³-hybridized carbons (Fsp3) is 0.533. The quantitative estimate of drug-likeness (QED) is 0.591. The number of benzene rings is 1. The molecule has 0 aliphatic heterocycles. The Morgan fingerprint density at radius 3 is 2.80 bits per heavy atom. The Bertz CT molecular complexity index is 449. The number of nitrogen functional groups attached to an aromatic ring is 1. The molecule has 0 bridgehead atoms. The number of carbonyl (C=O) groups is 1. The van der Waals surface area contributed by atoms with Crippen molar-refractivity contribution in [1.82, 2.24) is 4.90 Å². The molecule has 1 unspecified atom stereocenters. The second-order valence-electron chi connectivity index (χ2n) is 4.93. The van der Waals surface area contributed by atoms with Gasteiger partial charge < -0.3 is 20.7 Å². The van der Waals surface area contributed by atoms with Gasteiger partial charge >= 0.3 is 5.97 Å². The van der Waals surface area contributed by atoms with Gasteiger partial charge in [-0.1, -0.05) is 13.0 Å². The first-order valence-corrected chi connectivity index (χ1v) is 6.92. The van der Waals surface area contributed by atoms with Crippen LogP contribution in [0, 0.1) is 0 Å². The summed E-state index contributed by atoms with van der Waals surface area (Å²) >= 11 is 0. The number of anilines is 2. The average molecular weight is 279 g/mol. The van der Waals surface area contributed by atoms with Crippen LogP contribution in [-0.4, -0.2) is 44.2 Å². The van der Waals surface area contributed by atoms with Crippen molar-refractivity contribution in [2.75, 3.05) is 38.3 Å². The van der Waals surface area contributed by atoms with Gasteiger partial charge in [0, 0.05) is 19.1 Å². The maximum absolute atomic E-state index is 11.7. The molecule has 0 aromatic heterocycles. The summed E-state index contributed by atoms with van der Waals surface area (Å²) in [7, 11) is 3.46. The highest BCUT2D eigenvalue weighted by molar-refractivity contribution is 5.98. The van der Waals surface area contributed by atoms with E-state index in [1.54, 1.807) is 18.2 Å². The standard InChI is InChI=1S/C15H25N3O2/c1-5-11(2)18(3)10-9-17-14-12(15(19)20-4)7-6-8-13(14)16/h6-8,11,17H,5,9-10,16H2,1-4H3.